The second-order valence-electron chi connectivity index (χ2n) is 6.94. The highest BCUT2D eigenvalue weighted by atomic mass is 19.2. The number of hydrogen-bond acceptors (Lipinski definition) is 2. The van der Waals surface area contributed by atoms with E-state index in [1.807, 2.05) is 0 Å². The van der Waals surface area contributed by atoms with Gasteiger partial charge in [0.2, 0.25) is 5.91 Å². The summed E-state index contributed by atoms with van der Waals surface area (Å²) >= 11 is 0. The fourth-order valence-corrected chi connectivity index (χ4v) is 3.33. The van der Waals surface area contributed by atoms with Gasteiger partial charge in [0.1, 0.15) is 5.82 Å². The van der Waals surface area contributed by atoms with Crippen LogP contribution in [0.5, 0.6) is 0 Å². The molecule has 3 rings (SSSR count). The molecule has 1 unspecified atom stereocenters. The third-order valence-corrected chi connectivity index (χ3v) is 4.95. The zero-order chi connectivity index (χ0) is 20.3. The van der Waals surface area contributed by atoms with Gasteiger partial charge in [0.15, 0.2) is 11.6 Å². The minimum atomic E-state index is -1.07. The van der Waals surface area contributed by atoms with Gasteiger partial charge in [-0.25, -0.2) is 13.2 Å². The Labute approximate surface area is 161 Å². The van der Waals surface area contributed by atoms with Gasteiger partial charge in [-0.2, -0.15) is 0 Å². The predicted molar refractivity (Wildman–Crippen MR) is 98.1 cm³/mol. The van der Waals surface area contributed by atoms with Crippen molar-refractivity contribution in [2.24, 2.45) is 5.92 Å². The number of amides is 2. The molecule has 0 spiro atoms. The van der Waals surface area contributed by atoms with Crippen molar-refractivity contribution in [1.29, 1.82) is 0 Å². The van der Waals surface area contributed by atoms with Crippen molar-refractivity contribution < 1.29 is 22.8 Å². The second kappa shape index (κ2) is 8.46. The number of rotatable bonds is 4. The smallest absolute Gasteiger partial charge is 0.254 e. The molecule has 1 aliphatic rings. The van der Waals surface area contributed by atoms with Crippen molar-refractivity contribution in [2.75, 3.05) is 26.2 Å². The van der Waals surface area contributed by atoms with E-state index in [2.05, 4.69) is 0 Å². The van der Waals surface area contributed by atoms with Gasteiger partial charge in [0.25, 0.3) is 5.91 Å². The number of hydrogen-bond donors (Lipinski definition) is 0. The van der Waals surface area contributed by atoms with E-state index in [0.29, 0.717) is 38.2 Å². The monoisotopic (exact) mass is 390 g/mol. The minimum absolute atomic E-state index is 0.0756. The van der Waals surface area contributed by atoms with E-state index in [4.69, 9.17) is 0 Å². The zero-order valence-electron chi connectivity index (χ0n) is 15.5. The molecule has 0 bridgehead atoms. The summed E-state index contributed by atoms with van der Waals surface area (Å²) in [7, 11) is 0. The zero-order valence-corrected chi connectivity index (χ0v) is 15.5. The minimum Gasteiger partial charge on any atom is -0.339 e. The van der Waals surface area contributed by atoms with Crippen LogP contribution in [0.2, 0.25) is 0 Å². The largest absolute Gasteiger partial charge is 0.339 e. The Morgan fingerprint density at radius 2 is 1.54 bits per heavy atom. The van der Waals surface area contributed by atoms with Gasteiger partial charge in [0.05, 0.1) is 0 Å². The van der Waals surface area contributed by atoms with Crippen LogP contribution in [0.15, 0.2) is 42.5 Å². The van der Waals surface area contributed by atoms with Crippen LogP contribution in [-0.4, -0.2) is 47.8 Å². The molecule has 148 valence electrons. The summed E-state index contributed by atoms with van der Waals surface area (Å²) in [5.41, 5.74) is 0.571. The van der Waals surface area contributed by atoms with E-state index in [9.17, 15) is 22.8 Å². The van der Waals surface area contributed by atoms with Crippen molar-refractivity contribution in [3.05, 3.63) is 71.0 Å². The molecule has 2 aromatic rings. The van der Waals surface area contributed by atoms with Gasteiger partial charge in [-0.05, 0) is 36.2 Å². The molecule has 2 aromatic carbocycles. The molecule has 1 aliphatic heterocycles. The maximum Gasteiger partial charge on any atom is 0.254 e. The third-order valence-electron chi connectivity index (χ3n) is 4.95. The molecule has 2 amide bonds. The molecular formula is C21H21F3N2O2. The van der Waals surface area contributed by atoms with Crippen LogP contribution in [0, 0.1) is 23.4 Å². The lowest BCUT2D eigenvalue weighted by Gasteiger charge is -2.36. The predicted octanol–water partition coefficient (Wildman–Crippen LogP) is 3.27. The summed E-state index contributed by atoms with van der Waals surface area (Å²) in [6.07, 6.45) is 0.305. The highest BCUT2D eigenvalue weighted by Crippen LogP contribution is 2.17. The van der Waals surface area contributed by atoms with Crippen LogP contribution in [0.3, 0.4) is 0 Å². The Morgan fingerprint density at radius 3 is 2.18 bits per heavy atom. The molecule has 0 radical (unpaired) electrons. The van der Waals surface area contributed by atoms with Crippen LogP contribution in [0.1, 0.15) is 22.8 Å². The van der Waals surface area contributed by atoms with E-state index >= 15 is 0 Å². The summed E-state index contributed by atoms with van der Waals surface area (Å²) in [5.74, 6) is -3.28. The number of nitrogens with zero attached hydrogens (tertiary/aromatic N) is 2. The number of halogens is 3. The van der Waals surface area contributed by atoms with Crippen molar-refractivity contribution in [3.8, 4) is 0 Å². The molecular weight excluding hydrogens is 369 g/mol. The normalized spacial score (nSPS) is 15.4. The molecule has 7 heteroatoms. The topological polar surface area (TPSA) is 40.6 Å². The third kappa shape index (κ3) is 4.35. The van der Waals surface area contributed by atoms with Crippen LogP contribution >= 0.6 is 0 Å². The van der Waals surface area contributed by atoms with E-state index in [0.717, 1.165) is 12.1 Å². The summed E-state index contributed by atoms with van der Waals surface area (Å²) in [5, 5.41) is 0. The first-order valence-corrected chi connectivity index (χ1v) is 9.13. The first-order chi connectivity index (χ1) is 13.4. The maximum atomic E-state index is 13.8. The van der Waals surface area contributed by atoms with Crippen LogP contribution < -0.4 is 0 Å². The van der Waals surface area contributed by atoms with Crippen LogP contribution in [0.4, 0.5) is 13.2 Å². The fraction of sp³-hybridized carbons (Fsp3) is 0.333. The lowest BCUT2D eigenvalue weighted by molar-refractivity contribution is -0.136. The standard InChI is InChI=1S/C21H21F3N2O2/c1-14(12-15-4-2-3-5-17(15)22)20(27)25-8-10-26(11-9-25)21(28)16-6-7-18(23)19(24)13-16/h2-7,13-14H,8-12H2,1H3. The van der Waals surface area contributed by atoms with Gasteiger partial charge in [0, 0.05) is 37.7 Å². The summed E-state index contributed by atoms with van der Waals surface area (Å²) < 4.78 is 40.2. The lowest BCUT2D eigenvalue weighted by Crippen LogP contribution is -2.52. The first-order valence-electron chi connectivity index (χ1n) is 9.13. The second-order valence-corrected chi connectivity index (χ2v) is 6.94. The molecule has 1 fully saturated rings. The van der Waals surface area contributed by atoms with Gasteiger partial charge < -0.3 is 9.80 Å². The van der Waals surface area contributed by atoms with E-state index in [1.165, 1.54) is 17.0 Å². The fourth-order valence-electron chi connectivity index (χ4n) is 3.33. The Kier molecular flexibility index (Phi) is 6.02. The summed E-state index contributed by atoms with van der Waals surface area (Å²) in [6.45, 7) is 3.05. The van der Waals surface area contributed by atoms with Gasteiger partial charge >= 0.3 is 0 Å². The highest BCUT2D eigenvalue weighted by Gasteiger charge is 2.28. The Morgan fingerprint density at radius 1 is 0.893 bits per heavy atom. The molecule has 0 N–H and O–H groups in total. The number of piperazine rings is 1. The number of carbonyl (C=O) groups excluding carboxylic acids is 2. The Bertz CT molecular complexity index is 880. The van der Waals surface area contributed by atoms with Crippen molar-refractivity contribution >= 4 is 11.8 Å². The maximum absolute atomic E-state index is 13.8. The highest BCUT2D eigenvalue weighted by molar-refractivity contribution is 5.94. The summed E-state index contributed by atoms with van der Waals surface area (Å²) in [4.78, 5) is 28.3. The number of benzene rings is 2. The van der Waals surface area contributed by atoms with Crippen molar-refractivity contribution in [2.45, 2.75) is 13.3 Å². The first kappa shape index (κ1) is 19.9. The van der Waals surface area contributed by atoms with E-state index < -0.39 is 17.5 Å². The Balaban J connectivity index is 1.57. The molecule has 0 aliphatic carbocycles. The number of carbonyl (C=O) groups is 2. The summed E-state index contributed by atoms with van der Waals surface area (Å²) in [6, 6.07) is 9.42. The van der Waals surface area contributed by atoms with Gasteiger partial charge in [-0.1, -0.05) is 25.1 Å². The Hall–Kier alpha value is -2.83. The molecule has 1 heterocycles. The average Bonchev–Trinajstić information content (AvgIpc) is 2.70. The molecule has 1 atom stereocenters. The molecule has 0 aromatic heterocycles. The lowest BCUT2D eigenvalue weighted by atomic mass is 9.99. The van der Waals surface area contributed by atoms with E-state index in [-0.39, 0.29) is 23.2 Å². The SMILES string of the molecule is CC(Cc1ccccc1F)C(=O)N1CCN(C(=O)c2ccc(F)c(F)c2)CC1. The quantitative estimate of drug-likeness (QED) is 0.804. The molecule has 1 saturated heterocycles. The van der Waals surface area contributed by atoms with Gasteiger partial charge in [-0.15, -0.1) is 0 Å². The molecule has 28 heavy (non-hydrogen) atoms. The molecule has 4 nitrogen and oxygen atoms in total. The van der Waals surface area contributed by atoms with Crippen LogP contribution in [-0.2, 0) is 11.2 Å². The molecule has 0 saturated carbocycles. The van der Waals surface area contributed by atoms with E-state index in [1.54, 1.807) is 30.0 Å². The average molecular weight is 390 g/mol. The van der Waals surface area contributed by atoms with Crippen LogP contribution in [0.25, 0.3) is 0 Å². The van der Waals surface area contributed by atoms with Gasteiger partial charge in [-0.3, -0.25) is 9.59 Å². The van der Waals surface area contributed by atoms with Crippen molar-refractivity contribution in [1.82, 2.24) is 9.80 Å². The van der Waals surface area contributed by atoms with Crippen molar-refractivity contribution in [3.63, 3.8) is 0 Å².